The molecule has 0 aliphatic carbocycles. The highest BCUT2D eigenvalue weighted by molar-refractivity contribution is 6.30. The molecular formula is C22H16ClN3O. The number of nitriles is 2. The average Bonchev–Trinajstić information content (AvgIpc) is 3.00. The largest absolute Gasteiger partial charge is 0.357 e. The first-order chi connectivity index (χ1) is 13.0. The zero-order valence-corrected chi connectivity index (χ0v) is 15.4. The van der Waals surface area contributed by atoms with Crippen molar-refractivity contribution < 1.29 is 4.79 Å². The smallest absolute Gasteiger partial charge is 0.177 e. The number of carbonyl (C=O) groups excluding carboxylic acids is 1. The number of carbonyl (C=O) groups is 1. The van der Waals surface area contributed by atoms with Gasteiger partial charge in [0.1, 0.15) is 0 Å². The van der Waals surface area contributed by atoms with E-state index in [9.17, 15) is 15.3 Å². The quantitative estimate of drug-likeness (QED) is 0.779. The van der Waals surface area contributed by atoms with E-state index < -0.39 is 23.4 Å². The minimum absolute atomic E-state index is 0.0728. The summed E-state index contributed by atoms with van der Waals surface area (Å²) in [4.78, 5) is 14.5. The normalized spacial score (nSPS) is 24.4. The molecule has 0 unspecified atom stereocenters. The molecule has 132 valence electrons. The Kier molecular flexibility index (Phi) is 4.02. The summed E-state index contributed by atoms with van der Waals surface area (Å²) in [5.41, 5.74) is 1.23. The zero-order valence-electron chi connectivity index (χ0n) is 14.6. The second-order valence-electron chi connectivity index (χ2n) is 6.97. The molecule has 0 saturated carbocycles. The van der Waals surface area contributed by atoms with Gasteiger partial charge < -0.3 is 4.90 Å². The molecule has 5 heteroatoms. The summed E-state index contributed by atoms with van der Waals surface area (Å²) in [5, 5.41) is 21.0. The number of rotatable bonds is 2. The summed E-state index contributed by atoms with van der Waals surface area (Å²) in [7, 11) is 0. The van der Waals surface area contributed by atoms with Crippen molar-refractivity contribution in [2.45, 2.75) is 24.9 Å². The van der Waals surface area contributed by atoms with E-state index >= 15 is 0 Å². The summed E-state index contributed by atoms with van der Waals surface area (Å²) >= 11 is 6.03. The van der Waals surface area contributed by atoms with Crippen LogP contribution in [0.2, 0.25) is 5.02 Å². The van der Waals surface area contributed by atoms with E-state index in [0.29, 0.717) is 5.02 Å². The molecule has 0 N–H and O–H groups in total. The lowest BCUT2D eigenvalue weighted by Crippen LogP contribution is -2.36. The Balaban J connectivity index is 2.00. The molecule has 2 heterocycles. The minimum atomic E-state index is -1.40. The van der Waals surface area contributed by atoms with E-state index in [1.807, 2.05) is 41.4 Å². The molecule has 0 spiro atoms. The maximum atomic E-state index is 12.7. The van der Waals surface area contributed by atoms with Crippen LogP contribution in [0.4, 0.5) is 0 Å². The maximum Gasteiger partial charge on any atom is 0.177 e. The number of ketones is 1. The summed E-state index contributed by atoms with van der Waals surface area (Å²) in [5.74, 6) is -0.653. The monoisotopic (exact) mass is 373 g/mol. The molecular weight excluding hydrogens is 358 g/mol. The second-order valence-corrected chi connectivity index (χ2v) is 7.41. The lowest BCUT2D eigenvalue weighted by molar-refractivity contribution is -0.121. The van der Waals surface area contributed by atoms with E-state index in [1.165, 1.54) is 6.92 Å². The Bertz CT molecular complexity index is 1010. The molecule has 27 heavy (non-hydrogen) atoms. The first kappa shape index (κ1) is 17.3. The van der Waals surface area contributed by atoms with Crippen molar-refractivity contribution in [3.05, 3.63) is 76.4 Å². The average molecular weight is 374 g/mol. The fourth-order valence-electron chi connectivity index (χ4n) is 4.50. The predicted molar refractivity (Wildman–Crippen MR) is 102 cm³/mol. The van der Waals surface area contributed by atoms with Gasteiger partial charge in [-0.1, -0.05) is 48.0 Å². The third kappa shape index (κ3) is 2.38. The molecule has 0 aromatic heterocycles. The van der Waals surface area contributed by atoms with Crippen LogP contribution in [0, 0.1) is 28.1 Å². The van der Waals surface area contributed by atoms with Gasteiger partial charge in [-0.05, 0) is 41.8 Å². The molecule has 0 radical (unpaired) electrons. The van der Waals surface area contributed by atoms with Gasteiger partial charge in [-0.2, -0.15) is 10.5 Å². The third-order valence-electron chi connectivity index (χ3n) is 5.59. The van der Waals surface area contributed by atoms with Crippen molar-refractivity contribution in [3.8, 4) is 12.1 Å². The van der Waals surface area contributed by atoms with E-state index in [0.717, 1.165) is 16.7 Å². The Morgan fingerprint density at radius 2 is 1.78 bits per heavy atom. The topological polar surface area (TPSA) is 67.9 Å². The van der Waals surface area contributed by atoms with Gasteiger partial charge in [0, 0.05) is 17.1 Å². The van der Waals surface area contributed by atoms with Crippen LogP contribution in [0.3, 0.4) is 0 Å². The van der Waals surface area contributed by atoms with Gasteiger partial charge in [0.25, 0.3) is 0 Å². The van der Waals surface area contributed by atoms with Crippen LogP contribution >= 0.6 is 11.6 Å². The van der Waals surface area contributed by atoms with E-state index in [2.05, 4.69) is 12.1 Å². The molecule has 2 aliphatic rings. The highest BCUT2D eigenvalue weighted by Crippen LogP contribution is 2.59. The van der Waals surface area contributed by atoms with Crippen LogP contribution in [-0.4, -0.2) is 16.7 Å². The molecule has 0 bridgehead atoms. The fourth-order valence-corrected chi connectivity index (χ4v) is 4.62. The van der Waals surface area contributed by atoms with Crippen LogP contribution < -0.4 is 0 Å². The summed E-state index contributed by atoms with van der Waals surface area (Å²) in [6, 6.07) is 18.3. The van der Waals surface area contributed by atoms with Crippen LogP contribution in [0.1, 0.15) is 35.6 Å². The van der Waals surface area contributed by atoms with Gasteiger partial charge in [0.05, 0.1) is 24.2 Å². The highest BCUT2D eigenvalue weighted by atomic mass is 35.5. The van der Waals surface area contributed by atoms with Crippen LogP contribution in [0.25, 0.3) is 6.08 Å². The lowest BCUT2D eigenvalue weighted by Gasteiger charge is -2.34. The first-order valence-electron chi connectivity index (χ1n) is 8.66. The summed E-state index contributed by atoms with van der Waals surface area (Å²) < 4.78 is 0. The summed E-state index contributed by atoms with van der Waals surface area (Å²) in [6.07, 6.45) is 3.78. The predicted octanol–water partition coefficient (Wildman–Crippen LogP) is 4.46. The van der Waals surface area contributed by atoms with Gasteiger partial charge in [0.15, 0.2) is 11.2 Å². The number of halogens is 1. The van der Waals surface area contributed by atoms with Crippen molar-refractivity contribution >= 4 is 23.5 Å². The van der Waals surface area contributed by atoms with Crippen molar-refractivity contribution in [1.82, 2.24) is 4.90 Å². The molecule has 4 rings (SSSR count). The van der Waals surface area contributed by atoms with Gasteiger partial charge in [-0.3, -0.25) is 4.79 Å². The number of nitrogens with zero attached hydrogens (tertiary/aromatic N) is 3. The Morgan fingerprint density at radius 3 is 2.41 bits per heavy atom. The number of fused-ring (bicyclic) bond motifs is 3. The molecule has 4 nitrogen and oxygen atoms in total. The fraction of sp³-hybridized carbons (Fsp3) is 0.227. The highest BCUT2D eigenvalue weighted by Gasteiger charge is 2.63. The Labute approximate surface area is 162 Å². The number of Topliss-reactive ketones (excluding diaryl/α,β-unsaturated/α-hetero) is 1. The number of hydrogen-bond acceptors (Lipinski definition) is 4. The lowest BCUT2D eigenvalue weighted by atomic mass is 9.68. The summed E-state index contributed by atoms with van der Waals surface area (Å²) in [6.45, 7) is 1.52. The molecule has 3 atom stereocenters. The minimum Gasteiger partial charge on any atom is -0.357 e. The number of benzene rings is 2. The van der Waals surface area contributed by atoms with Gasteiger partial charge >= 0.3 is 0 Å². The Morgan fingerprint density at radius 1 is 1.11 bits per heavy atom. The van der Waals surface area contributed by atoms with Gasteiger partial charge in [-0.25, -0.2) is 0 Å². The first-order valence-corrected chi connectivity index (χ1v) is 9.04. The standard InChI is InChI=1S/C22H16ClN3O/c1-14(27)20-19(16-6-8-17(23)9-7-16)22(12-24,13-25)21-18-5-3-2-4-15(18)10-11-26(20)21/h2-11,19-21H,1H3/t19-,20-,21+/m1/s1. The van der Waals surface area contributed by atoms with Crippen LogP contribution in [0.5, 0.6) is 0 Å². The molecule has 0 amide bonds. The molecule has 2 aromatic carbocycles. The third-order valence-corrected chi connectivity index (χ3v) is 5.84. The van der Waals surface area contributed by atoms with E-state index in [4.69, 9.17) is 11.6 Å². The van der Waals surface area contributed by atoms with Crippen molar-refractivity contribution in [2.24, 2.45) is 5.41 Å². The maximum absolute atomic E-state index is 12.7. The SMILES string of the molecule is CC(=O)[C@@H]1[C@@H](c2ccc(Cl)cc2)C(C#N)(C#N)[C@@H]2c3ccccc3C=CN12. The zero-order chi connectivity index (χ0) is 19.2. The Hall–Kier alpha value is -3.08. The molecule has 1 fully saturated rings. The van der Waals surface area contributed by atoms with Gasteiger partial charge in [-0.15, -0.1) is 0 Å². The van der Waals surface area contributed by atoms with E-state index in [-0.39, 0.29) is 5.78 Å². The molecule has 2 aromatic rings. The molecule has 2 aliphatic heterocycles. The second kappa shape index (κ2) is 6.27. The number of hydrogen-bond donors (Lipinski definition) is 0. The van der Waals surface area contributed by atoms with Crippen molar-refractivity contribution in [3.63, 3.8) is 0 Å². The van der Waals surface area contributed by atoms with Crippen LogP contribution in [0.15, 0.2) is 54.7 Å². The van der Waals surface area contributed by atoms with Gasteiger partial charge in [0.2, 0.25) is 0 Å². The van der Waals surface area contributed by atoms with Crippen molar-refractivity contribution in [2.75, 3.05) is 0 Å². The molecule has 1 saturated heterocycles. The van der Waals surface area contributed by atoms with Crippen LogP contribution in [-0.2, 0) is 4.79 Å². The van der Waals surface area contributed by atoms with E-state index in [1.54, 1.807) is 24.3 Å². The van der Waals surface area contributed by atoms with Crippen molar-refractivity contribution in [1.29, 1.82) is 10.5 Å².